The van der Waals surface area contributed by atoms with E-state index in [0.29, 0.717) is 12.4 Å². The van der Waals surface area contributed by atoms with Crippen LogP contribution in [0.4, 0.5) is 0 Å². The van der Waals surface area contributed by atoms with E-state index in [1.807, 2.05) is 19.9 Å². The van der Waals surface area contributed by atoms with Gasteiger partial charge in [-0.3, -0.25) is 0 Å². The third-order valence-electron chi connectivity index (χ3n) is 2.09. The van der Waals surface area contributed by atoms with Gasteiger partial charge in [-0.15, -0.1) is 0 Å². The molecular formula is C11H14N2O2. The summed E-state index contributed by atoms with van der Waals surface area (Å²) in [5.41, 5.74) is 0.933. The lowest BCUT2D eigenvalue weighted by Crippen LogP contribution is -2.11. The van der Waals surface area contributed by atoms with Crippen LogP contribution in [0.3, 0.4) is 0 Å². The molecule has 2 rings (SSSR count). The molecule has 0 spiro atoms. The molecule has 0 bridgehead atoms. The van der Waals surface area contributed by atoms with Gasteiger partial charge >= 0.3 is 0 Å². The van der Waals surface area contributed by atoms with Gasteiger partial charge in [0.1, 0.15) is 12.0 Å². The van der Waals surface area contributed by atoms with Crippen LogP contribution in [0.1, 0.15) is 18.6 Å². The van der Waals surface area contributed by atoms with Crippen molar-refractivity contribution in [2.24, 2.45) is 0 Å². The summed E-state index contributed by atoms with van der Waals surface area (Å²) in [5, 5.41) is 3.15. The Morgan fingerprint density at radius 3 is 3.00 bits per heavy atom. The van der Waals surface area contributed by atoms with Gasteiger partial charge in [-0.25, -0.2) is 4.98 Å². The van der Waals surface area contributed by atoms with Crippen molar-refractivity contribution in [2.45, 2.75) is 20.4 Å². The molecule has 0 unspecified atom stereocenters. The normalized spacial score (nSPS) is 10.8. The third kappa shape index (κ3) is 2.27. The average molecular weight is 206 g/mol. The van der Waals surface area contributed by atoms with Crippen molar-refractivity contribution in [3.05, 3.63) is 30.2 Å². The Morgan fingerprint density at radius 1 is 1.47 bits per heavy atom. The van der Waals surface area contributed by atoms with Crippen molar-refractivity contribution in [3.63, 3.8) is 0 Å². The van der Waals surface area contributed by atoms with E-state index in [-0.39, 0.29) is 0 Å². The summed E-state index contributed by atoms with van der Waals surface area (Å²) in [6.45, 7) is 5.51. The highest BCUT2D eigenvalue weighted by Gasteiger charge is 2.07. The summed E-state index contributed by atoms with van der Waals surface area (Å²) in [6.07, 6.45) is 3.39. The first kappa shape index (κ1) is 9.98. The minimum absolute atomic E-state index is 0.660. The fourth-order valence-corrected chi connectivity index (χ4v) is 1.33. The van der Waals surface area contributed by atoms with Crippen LogP contribution < -0.4 is 5.32 Å². The van der Waals surface area contributed by atoms with Crippen molar-refractivity contribution in [2.75, 3.05) is 6.54 Å². The lowest BCUT2D eigenvalue weighted by Gasteiger charge is -1.94. The van der Waals surface area contributed by atoms with Gasteiger partial charge in [-0.1, -0.05) is 6.92 Å². The van der Waals surface area contributed by atoms with Gasteiger partial charge in [-0.2, -0.15) is 0 Å². The minimum Gasteiger partial charge on any atom is -0.469 e. The molecule has 4 nitrogen and oxygen atoms in total. The number of hydrogen-bond donors (Lipinski definition) is 1. The maximum Gasteiger partial charge on any atom is 0.208 e. The lowest BCUT2D eigenvalue weighted by atomic mass is 10.3. The Hall–Kier alpha value is -1.55. The molecule has 2 aromatic rings. The number of hydrogen-bond acceptors (Lipinski definition) is 4. The molecule has 0 atom stereocenters. The lowest BCUT2D eigenvalue weighted by molar-refractivity contribution is 0.481. The van der Waals surface area contributed by atoms with E-state index in [9.17, 15) is 0 Å². The third-order valence-corrected chi connectivity index (χ3v) is 2.09. The van der Waals surface area contributed by atoms with Crippen LogP contribution in [0.2, 0.25) is 0 Å². The quantitative estimate of drug-likeness (QED) is 0.834. The maximum absolute atomic E-state index is 5.55. The molecular weight excluding hydrogens is 192 g/mol. The second-order valence-electron chi connectivity index (χ2n) is 3.34. The second kappa shape index (κ2) is 4.31. The van der Waals surface area contributed by atoms with Crippen LogP contribution in [0.5, 0.6) is 0 Å². The Balaban J connectivity index is 2.13. The molecule has 4 heteroatoms. The highest BCUT2D eigenvalue weighted by Crippen LogP contribution is 2.22. The standard InChI is InChI=1S/C11H14N2O2/c1-3-12-6-11-13-5-10(15-11)9-4-8(2)14-7-9/h4-5,7,12H,3,6H2,1-2H3. The Labute approximate surface area is 88.3 Å². The van der Waals surface area contributed by atoms with Gasteiger partial charge in [0.25, 0.3) is 0 Å². The SMILES string of the molecule is CCNCc1ncc(-c2coc(C)c2)o1. The number of aromatic nitrogens is 1. The average Bonchev–Trinajstić information content (AvgIpc) is 2.83. The summed E-state index contributed by atoms with van der Waals surface area (Å²) >= 11 is 0. The van der Waals surface area contributed by atoms with Crippen molar-refractivity contribution in [1.29, 1.82) is 0 Å². The van der Waals surface area contributed by atoms with Crippen LogP contribution in [0.25, 0.3) is 11.3 Å². The Bertz CT molecular complexity index is 431. The second-order valence-corrected chi connectivity index (χ2v) is 3.34. The van der Waals surface area contributed by atoms with Crippen LogP contribution in [-0.4, -0.2) is 11.5 Å². The minimum atomic E-state index is 0.660. The zero-order valence-corrected chi connectivity index (χ0v) is 8.91. The molecule has 0 aliphatic rings. The maximum atomic E-state index is 5.55. The highest BCUT2D eigenvalue weighted by atomic mass is 16.4. The smallest absolute Gasteiger partial charge is 0.208 e. The molecule has 0 saturated carbocycles. The van der Waals surface area contributed by atoms with Crippen LogP contribution in [0, 0.1) is 6.92 Å². The molecule has 0 saturated heterocycles. The van der Waals surface area contributed by atoms with Crippen molar-refractivity contribution < 1.29 is 8.83 Å². The van der Waals surface area contributed by atoms with E-state index in [1.54, 1.807) is 12.5 Å². The molecule has 0 aliphatic heterocycles. The van der Waals surface area contributed by atoms with E-state index in [1.165, 1.54) is 0 Å². The van der Waals surface area contributed by atoms with Crippen LogP contribution in [-0.2, 0) is 6.54 Å². The molecule has 2 heterocycles. The molecule has 1 N–H and O–H groups in total. The van der Waals surface area contributed by atoms with Gasteiger partial charge in [0.05, 0.1) is 18.3 Å². The first-order chi connectivity index (χ1) is 7.29. The monoisotopic (exact) mass is 206 g/mol. The number of nitrogens with one attached hydrogen (secondary N) is 1. The molecule has 0 aromatic carbocycles. The van der Waals surface area contributed by atoms with E-state index in [2.05, 4.69) is 10.3 Å². The number of oxazole rings is 1. The molecule has 80 valence electrons. The summed E-state index contributed by atoms with van der Waals surface area (Å²) in [4.78, 5) is 4.17. The van der Waals surface area contributed by atoms with Crippen LogP contribution in [0.15, 0.2) is 27.4 Å². The van der Waals surface area contributed by atoms with Gasteiger partial charge in [0.15, 0.2) is 5.76 Å². The van der Waals surface area contributed by atoms with Crippen LogP contribution >= 0.6 is 0 Å². The fourth-order valence-electron chi connectivity index (χ4n) is 1.33. The molecule has 15 heavy (non-hydrogen) atoms. The number of furan rings is 1. The zero-order chi connectivity index (χ0) is 10.7. The van der Waals surface area contributed by atoms with E-state index in [0.717, 1.165) is 23.6 Å². The van der Waals surface area contributed by atoms with Crippen molar-refractivity contribution in [1.82, 2.24) is 10.3 Å². The predicted molar refractivity (Wildman–Crippen MR) is 56.3 cm³/mol. The van der Waals surface area contributed by atoms with E-state index in [4.69, 9.17) is 8.83 Å². The van der Waals surface area contributed by atoms with E-state index < -0.39 is 0 Å². The molecule has 0 amide bonds. The topological polar surface area (TPSA) is 51.2 Å². The zero-order valence-electron chi connectivity index (χ0n) is 8.91. The summed E-state index contributed by atoms with van der Waals surface area (Å²) in [7, 11) is 0. The fraction of sp³-hybridized carbons (Fsp3) is 0.364. The largest absolute Gasteiger partial charge is 0.469 e. The summed E-state index contributed by atoms with van der Waals surface area (Å²) in [6, 6.07) is 1.93. The molecule has 0 aliphatic carbocycles. The molecule has 2 aromatic heterocycles. The summed E-state index contributed by atoms with van der Waals surface area (Å²) in [5.74, 6) is 2.32. The van der Waals surface area contributed by atoms with Gasteiger partial charge in [0.2, 0.25) is 5.89 Å². The van der Waals surface area contributed by atoms with Gasteiger partial charge < -0.3 is 14.2 Å². The van der Waals surface area contributed by atoms with Crippen molar-refractivity contribution >= 4 is 0 Å². The molecule has 0 fully saturated rings. The van der Waals surface area contributed by atoms with Gasteiger partial charge in [0, 0.05) is 0 Å². The van der Waals surface area contributed by atoms with Gasteiger partial charge in [-0.05, 0) is 19.5 Å². The predicted octanol–water partition coefficient (Wildman–Crippen LogP) is 2.35. The Morgan fingerprint density at radius 2 is 2.33 bits per heavy atom. The first-order valence-electron chi connectivity index (χ1n) is 5.00. The number of rotatable bonds is 4. The number of nitrogens with zero attached hydrogens (tertiary/aromatic N) is 1. The molecule has 0 radical (unpaired) electrons. The van der Waals surface area contributed by atoms with E-state index >= 15 is 0 Å². The highest BCUT2D eigenvalue weighted by molar-refractivity contribution is 5.55. The summed E-state index contributed by atoms with van der Waals surface area (Å²) < 4.78 is 10.8. The Kier molecular flexibility index (Phi) is 2.87. The van der Waals surface area contributed by atoms with Crippen molar-refractivity contribution in [3.8, 4) is 11.3 Å². The number of aryl methyl sites for hydroxylation is 1. The first-order valence-corrected chi connectivity index (χ1v) is 5.00.